The molecule has 4 heteroatoms. The molecule has 0 atom stereocenters. The summed E-state index contributed by atoms with van der Waals surface area (Å²) < 4.78 is 32.3. The fraction of sp³-hybridized carbons (Fsp3) is 0.133. The van der Waals surface area contributed by atoms with E-state index in [2.05, 4.69) is 0 Å². The van der Waals surface area contributed by atoms with Crippen molar-refractivity contribution in [1.82, 2.24) is 0 Å². The smallest absolute Gasteiger partial charge is 0.169 e. The number of rotatable bonds is 1. The van der Waals surface area contributed by atoms with Crippen molar-refractivity contribution < 1.29 is 18.3 Å². The SMILES string of the molecule is O=C1CCOc2cc(-c3cc(F)ccc3F)ccc21. The van der Waals surface area contributed by atoms with Gasteiger partial charge in [0.2, 0.25) is 0 Å². The first-order chi connectivity index (χ1) is 9.15. The van der Waals surface area contributed by atoms with Crippen LogP contribution in [-0.4, -0.2) is 12.4 Å². The molecular formula is C15H10F2O2. The van der Waals surface area contributed by atoms with Gasteiger partial charge < -0.3 is 4.74 Å². The van der Waals surface area contributed by atoms with Crippen LogP contribution in [0.25, 0.3) is 11.1 Å². The highest BCUT2D eigenvalue weighted by Gasteiger charge is 2.19. The second-order valence-electron chi connectivity index (χ2n) is 4.36. The lowest BCUT2D eigenvalue weighted by atomic mass is 9.99. The standard InChI is InChI=1S/C15H10F2O2/c16-10-2-4-13(17)12(8-10)9-1-3-11-14(18)5-6-19-15(11)7-9/h1-4,7-8H,5-6H2. The van der Waals surface area contributed by atoms with Crippen molar-refractivity contribution in [3.05, 3.63) is 53.6 Å². The van der Waals surface area contributed by atoms with Gasteiger partial charge in [0.05, 0.1) is 12.2 Å². The lowest BCUT2D eigenvalue weighted by Gasteiger charge is -2.17. The molecule has 0 radical (unpaired) electrons. The molecule has 0 saturated heterocycles. The molecule has 0 aliphatic carbocycles. The summed E-state index contributed by atoms with van der Waals surface area (Å²) in [4.78, 5) is 11.6. The number of Topliss-reactive ketones (excluding diaryl/α,β-unsaturated/α-hetero) is 1. The van der Waals surface area contributed by atoms with E-state index in [9.17, 15) is 13.6 Å². The molecule has 0 unspecified atom stereocenters. The minimum atomic E-state index is -0.511. The molecule has 1 aliphatic heterocycles. The normalized spacial score (nSPS) is 13.9. The Morgan fingerprint density at radius 2 is 1.84 bits per heavy atom. The third kappa shape index (κ3) is 2.10. The maximum atomic E-state index is 13.7. The first-order valence-electron chi connectivity index (χ1n) is 5.90. The minimum absolute atomic E-state index is 0.00696. The van der Waals surface area contributed by atoms with Crippen LogP contribution in [0.1, 0.15) is 16.8 Å². The largest absolute Gasteiger partial charge is 0.492 e. The van der Waals surface area contributed by atoms with Crippen LogP contribution in [0.4, 0.5) is 8.78 Å². The molecule has 0 aromatic heterocycles. The quantitative estimate of drug-likeness (QED) is 0.783. The highest BCUT2D eigenvalue weighted by Crippen LogP contribution is 2.32. The summed E-state index contributed by atoms with van der Waals surface area (Å²) >= 11 is 0. The summed E-state index contributed by atoms with van der Waals surface area (Å²) in [5.41, 5.74) is 1.14. The van der Waals surface area contributed by atoms with E-state index in [-0.39, 0.29) is 11.3 Å². The van der Waals surface area contributed by atoms with Gasteiger partial charge in [0.1, 0.15) is 17.4 Å². The predicted molar refractivity (Wildman–Crippen MR) is 66.2 cm³/mol. The fourth-order valence-corrected chi connectivity index (χ4v) is 2.15. The zero-order chi connectivity index (χ0) is 13.4. The van der Waals surface area contributed by atoms with Gasteiger partial charge in [-0.15, -0.1) is 0 Å². The van der Waals surface area contributed by atoms with Gasteiger partial charge in [-0.2, -0.15) is 0 Å². The van der Waals surface area contributed by atoms with E-state index < -0.39 is 11.6 Å². The number of ether oxygens (including phenoxy) is 1. The number of halogens is 2. The maximum Gasteiger partial charge on any atom is 0.169 e. The van der Waals surface area contributed by atoms with Crippen LogP contribution in [0.2, 0.25) is 0 Å². The number of ketones is 1. The summed E-state index contributed by atoms with van der Waals surface area (Å²) in [6.07, 6.45) is 0.348. The molecule has 19 heavy (non-hydrogen) atoms. The zero-order valence-corrected chi connectivity index (χ0v) is 9.95. The van der Waals surface area contributed by atoms with Gasteiger partial charge in [0.15, 0.2) is 5.78 Å². The third-order valence-electron chi connectivity index (χ3n) is 3.11. The highest BCUT2D eigenvalue weighted by molar-refractivity contribution is 6.00. The summed E-state index contributed by atoms with van der Waals surface area (Å²) in [5, 5.41) is 0. The van der Waals surface area contributed by atoms with Crippen molar-refractivity contribution in [3.8, 4) is 16.9 Å². The Morgan fingerprint density at radius 1 is 1.00 bits per heavy atom. The molecule has 0 spiro atoms. The van der Waals surface area contributed by atoms with Gasteiger partial charge in [0, 0.05) is 12.0 Å². The van der Waals surface area contributed by atoms with Crippen LogP contribution < -0.4 is 4.74 Å². The number of benzene rings is 2. The maximum absolute atomic E-state index is 13.7. The first kappa shape index (κ1) is 11.8. The average Bonchev–Trinajstić information content (AvgIpc) is 2.41. The minimum Gasteiger partial charge on any atom is -0.492 e. The molecular weight excluding hydrogens is 250 g/mol. The number of carbonyl (C=O) groups excluding carboxylic acids is 1. The number of hydrogen-bond donors (Lipinski definition) is 0. The van der Waals surface area contributed by atoms with E-state index in [1.54, 1.807) is 18.2 Å². The van der Waals surface area contributed by atoms with Crippen molar-refractivity contribution in [1.29, 1.82) is 0 Å². The van der Waals surface area contributed by atoms with E-state index in [1.807, 2.05) is 0 Å². The lowest BCUT2D eigenvalue weighted by molar-refractivity contribution is 0.0933. The van der Waals surface area contributed by atoms with E-state index in [1.165, 1.54) is 0 Å². The lowest BCUT2D eigenvalue weighted by Crippen LogP contribution is -2.15. The molecule has 1 aliphatic rings. The summed E-state index contributed by atoms with van der Waals surface area (Å²) in [6, 6.07) is 8.04. The Kier molecular flexibility index (Phi) is 2.78. The molecule has 0 saturated carbocycles. The summed E-state index contributed by atoms with van der Waals surface area (Å²) in [7, 11) is 0. The zero-order valence-electron chi connectivity index (χ0n) is 9.95. The Hall–Kier alpha value is -2.23. The van der Waals surface area contributed by atoms with E-state index >= 15 is 0 Å². The number of carbonyl (C=O) groups is 1. The molecule has 2 aromatic rings. The fourth-order valence-electron chi connectivity index (χ4n) is 2.15. The topological polar surface area (TPSA) is 26.3 Å². The third-order valence-corrected chi connectivity index (χ3v) is 3.11. The van der Waals surface area contributed by atoms with Gasteiger partial charge >= 0.3 is 0 Å². The van der Waals surface area contributed by atoms with Crippen LogP contribution in [0.3, 0.4) is 0 Å². The van der Waals surface area contributed by atoms with Gasteiger partial charge in [-0.1, -0.05) is 6.07 Å². The molecule has 1 heterocycles. The van der Waals surface area contributed by atoms with Crippen molar-refractivity contribution in [2.75, 3.05) is 6.61 Å². The Labute approximate surface area is 108 Å². The van der Waals surface area contributed by atoms with E-state index in [0.717, 1.165) is 18.2 Å². The molecule has 0 bridgehead atoms. The molecule has 0 N–H and O–H groups in total. The summed E-state index contributed by atoms with van der Waals surface area (Å²) in [6.45, 7) is 0.320. The number of fused-ring (bicyclic) bond motifs is 1. The van der Waals surface area contributed by atoms with Gasteiger partial charge in [-0.3, -0.25) is 4.79 Å². The molecule has 3 rings (SSSR count). The predicted octanol–water partition coefficient (Wildman–Crippen LogP) is 3.60. The van der Waals surface area contributed by atoms with Gasteiger partial charge in [-0.25, -0.2) is 8.78 Å². The van der Waals surface area contributed by atoms with Crippen molar-refractivity contribution in [2.24, 2.45) is 0 Å². The molecule has 2 aromatic carbocycles. The second kappa shape index (κ2) is 4.46. The number of hydrogen-bond acceptors (Lipinski definition) is 2. The van der Waals surface area contributed by atoms with Crippen LogP contribution in [0.15, 0.2) is 36.4 Å². The first-order valence-corrected chi connectivity index (χ1v) is 5.90. The molecule has 0 fully saturated rings. The van der Waals surface area contributed by atoms with Gasteiger partial charge in [0.25, 0.3) is 0 Å². The molecule has 0 amide bonds. The van der Waals surface area contributed by atoms with Crippen LogP contribution >= 0.6 is 0 Å². The second-order valence-corrected chi connectivity index (χ2v) is 4.36. The van der Waals surface area contributed by atoms with Crippen molar-refractivity contribution >= 4 is 5.78 Å². The summed E-state index contributed by atoms with van der Waals surface area (Å²) in [5.74, 6) is -0.584. The monoisotopic (exact) mass is 260 g/mol. The molecule has 2 nitrogen and oxygen atoms in total. The van der Waals surface area contributed by atoms with Crippen molar-refractivity contribution in [3.63, 3.8) is 0 Å². The highest BCUT2D eigenvalue weighted by atomic mass is 19.1. The Bertz CT molecular complexity index is 665. The Balaban J connectivity index is 2.11. The van der Waals surface area contributed by atoms with Gasteiger partial charge in [-0.05, 0) is 35.9 Å². The average molecular weight is 260 g/mol. The Morgan fingerprint density at radius 3 is 2.68 bits per heavy atom. The van der Waals surface area contributed by atoms with Crippen LogP contribution in [0.5, 0.6) is 5.75 Å². The van der Waals surface area contributed by atoms with E-state index in [0.29, 0.717) is 29.9 Å². The van der Waals surface area contributed by atoms with Crippen LogP contribution in [0, 0.1) is 11.6 Å². The van der Waals surface area contributed by atoms with Crippen molar-refractivity contribution in [2.45, 2.75) is 6.42 Å². The van der Waals surface area contributed by atoms with Crippen LogP contribution in [-0.2, 0) is 0 Å². The molecule has 96 valence electrons. The van der Waals surface area contributed by atoms with E-state index in [4.69, 9.17) is 4.74 Å².